The second-order valence-corrected chi connectivity index (χ2v) is 5.67. The molecule has 0 saturated carbocycles. The number of ether oxygens (including phenoxy) is 1. The zero-order valence-corrected chi connectivity index (χ0v) is 13.7. The molecule has 0 aliphatic heterocycles. The van der Waals surface area contributed by atoms with Crippen LogP contribution in [-0.4, -0.2) is 21.7 Å². The van der Waals surface area contributed by atoms with E-state index in [0.29, 0.717) is 16.2 Å². The van der Waals surface area contributed by atoms with Gasteiger partial charge < -0.3 is 15.6 Å². The van der Waals surface area contributed by atoms with Crippen molar-refractivity contribution in [1.82, 2.24) is 4.57 Å². The Morgan fingerprint density at radius 1 is 1.11 bits per heavy atom. The molecule has 3 N–H and O–H groups in total. The molecule has 1 aromatic heterocycles. The topological polar surface area (TPSA) is 94.5 Å². The molecule has 6 nitrogen and oxygen atoms in total. The molecule has 0 bridgehead atoms. The maximum absolute atomic E-state index is 12.9. The minimum Gasteiger partial charge on any atom is -0.476 e. The molecule has 0 amide bonds. The number of aromatic carboxylic acids is 1. The van der Waals surface area contributed by atoms with Crippen LogP contribution in [0.15, 0.2) is 48.5 Å². The fourth-order valence-corrected chi connectivity index (χ4v) is 2.68. The Morgan fingerprint density at radius 3 is 2.37 bits per heavy atom. The van der Waals surface area contributed by atoms with Crippen molar-refractivity contribution in [2.24, 2.45) is 0 Å². The first-order chi connectivity index (χ1) is 12.7. The first kappa shape index (κ1) is 18.3. The van der Waals surface area contributed by atoms with E-state index < -0.39 is 35.2 Å². The highest BCUT2D eigenvalue weighted by molar-refractivity contribution is 6.09. The molecular formula is C18H13F3N2O4. The molecule has 140 valence electrons. The normalized spacial score (nSPS) is 11.5. The first-order valence-corrected chi connectivity index (χ1v) is 7.65. The van der Waals surface area contributed by atoms with E-state index in [1.807, 2.05) is 0 Å². The lowest BCUT2D eigenvalue weighted by Crippen LogP contribution is -2.19. The van der Waals surface area contributed by atoms with E-state index in [0.717, 1.165) is 12.1 Å². The fraction of sp³-hybridized carbons (Fsp3) is 0.111. The number of rotatable bonds is 3. The number of hydrogen-bond acceptors (Lipinski definition) is 4. The highest BCUT2D eigenvalue weighted by atomic mass is 19.4. The number of anilines is 1. The van der Waals surface area contributed by atoms with E-state index in [9.17, 15) is 27.9 Å². The van der Waals surface area contributed by atoms with Crippen LogP contribution in [0, 0.1) is 0 Å². The second-order valence-electron chi connectivity index (χ2n) is 5.67. The van der Waals surface area contributed by atoms with Crippen molar-refractivity contribution < 1.29 is 32.6 Å². The van der Waals surface area contributed by atoms with Gasteiger partial charge in [0.2, 0.25) is 0 Å². The molecule has 3 rings (SSSR count). The lowest BCUT2D eigenvalue weighted by molar-refractivity contribution is -0.137. The number of alkyl halides is 3. The average Bonchev–Trinajstić information content (AvgIpc) is 2.92. The van der Waals surface area contributed by atoms with Gasteiger partial charge in [0.15, 0.2) is 5.69 Å². The van der Waals surface area contributed by atoms with Crippen molar-refractivity contribution in [2.45, 2.75) is 12.8 Å². The molecule has 0 fully saturated rings. The Labute approximate surface area is 150 Å². The van der Waals surface area contributed by atoms with Crippen molar-refractivity contribution in [1.29, 1.82) is 0 Å². The SMILES string of the molecule is Nc1c(C(=O)O)n(C(=O)OCc2ccccc2)c2ccc(C(F)(F)F)cc12. The van der Waals surface area contributed by atoms with Crippen LogP contribution in [0.25, 0.3) is 10.9 Å². The summed E-state index contributed by atoms with van der Waals surface area (Å²) in [5.74, 6) is -1.56. The summed E-state index contributed by atoms with van der Waals surface area (Å²) in [6.07, 6.45) is -5.70. The average molecular weight is 378 g/mol. The van der Waals surface area contributed by atoms with Gasteiger partial charge in [0.1, 0.15) is 6.61 Å². The molecule has 0 saturated heterocycles. The van der Waals surface area contributed by atoms with E-state index in [1.54, 1.807) is 30.3 Å². The summed E-state index contributed by atoms with van der Waals surface area (Å²) in [4.78, 5) is 24.0. The number of carboxylic acid groups (broad SMARTS) is 1. The number of fused-ring (bicyclic) bond motifs is 1. The molecule has 0 spiro atoms. The summed E-state index contributed by atoms with van der Waals surface area (Å²) in [6.45, 7) is -0.140. The van der Waals surface area contributed by atoms with Gasteiger partial charge in [0.25, 0.3) is 0 Å². The third-order valence-corrected chi connectivity index (χ3v) is 3.92. The van der Waals surface area contributed by atoms with Crippen LogP contribution in [0.4, 0.5) is 23.7 Å². The number of nitrogens with two attached hydrogens (primary N) is 1. The molecule has 9 heteroatoms. The largest absolute Gasteiger partial charge is 0.476 e. The summed E-state index contributed by atoms with van der Waals surface area (Å²) in [6, 6.07) is 11.1. The van der Waals surface area contributed by atoms with Gasteiger partial charge in [0.05, 0.1) is 16.8 Å². The molecule has 0 unspecified atom stereocenters. The third-order valence-electron chi connectivity index (χ3n) is 3.92. The molecule has 27 heavy (non-hydrogen) atoms. The molecule has 0 atom stereocenters. The summed E-state index contributed by atoms with van der Waals surface area (Å²) in [5.41, 5.74) is 4.19. The number of hydrogen-bond donors (Lipinski definition) is 2. The molecule has 0 aliphatic rings. The Hall–Kier alpha value is -3.49. The molecule has 0 aliphatic carbocycles. The third kappa shape index (κ3) is 3.43. The number of nitrogens with zero attached hydrogens (tertiary/aromatic N) is 1. The maximum atomic E-state index is 12.9. The van der Waals surface area contributed by atoms with Crippen LogP contribution >= 0.6 is 0 Å². The fourth-order valence-electron chi connectivity index (χ4n) is 2.68. The van der Waals surface area contributed by atoms with Crippen LogP contribution in [0.5, 0.6) is 0 Å². The van der Waals surface area contributed by atoms with Crippen molar-refractivity contribution >= 4 is 28.7 Å². The van der Waals surface area contributed by atoms with Crippen LogP contribution in [0.2, 0.25) is 0 Å². The monoisotopic (exact) mass is 378 g/mol. The van der Waals surface area contributed by atoms with Crippen molar-refractivity contribution in [3.8, 4) is 0 Å². The number of aromatic nitrogens is 1. The van der Waals surface area contributed by atoms with Crippen molar-refractivity contribution in [2.75, 3.05) is 5.73 Å². The number of benzene rings is 2. The van der Waals surface area contributed by atoms with Crippen molar-refractivity contribution in [3.05, 3.63) is 65.4 Å². The predicted molar refractivity (Wildman–Crippen MR) is 90.3 cm³/mol. The Kier molecular flexibility index (Phi) is 4.52. The van der Waals surface area contributed by atoms with Crippen molar-refractivity contribution in [3.63, 3.8) is 0 Å². The zero-order chi connectivity index (χ0) is 19.8. The molecule has 1 heterocycles. The smallest absolute Gasteiger partial charge is 0.419 e. The van der Waals surface area contributed by atoms with Gasteiger partial charge in [-0.2, -0.15) is 13.2 Å². The number of carbonyl (C=O) groups is 2. The number of nitrogen functional groups attached to an aromatic ring is 1. The molecule has 3 aromatic rings. The van der Waals surface area contributed by atoms with Gasteiger partial charge in [-0.1, -0.05) is 30.3 Å². The van der Waals surface area contributed by atoms with Gasteiger partial charge in [-0.3, -0.25) is 0 Å². The van der Waals surface area contributed by atoms with E-state index in [4.69, 9.17) is 10.5 Å². The number of carbonyl (C=O) groups excluding carboxylic acids is 1. The number of halogens is 3. The van der Waals surface area contributed by atoms with Gasteiger partial charge in [-0.25, -0.2) is 14.2 Å². The van der Waals surface area contributed by atoms with Crippen LogP contribution in [-0.2, 0) is 17.5 Å². The summed E-state index contributed by atoms with van der Waals surface area (Å²) >= 11 is 0. The minimum atomic E-state index is -4.64. The summed E-state index contributed by atoms with van der Waals surface area (Å²) in [7, 11) is 0. The Morgan fingerprint density at radius 2 is 1.78 bits per heavy atom. The summed E-state index contributed by atoms with van der Waals surface area (Å²) in [5, 5.41) is 9.18. The highest BCUT2D eigenvalue weighted by Crippen LogP contribution is 2.35. The standard InChI is InChI=1S/C18H13F3N2O4/c19-18(20,21)11-6-7-13-12(8-11)14(22)15(16(24)25)23(13)17(26)27-9-10-4-2-1-3-5-10/h1-8H,9,22H2,(H,24,25). The Balaban J connectivity index is 2.06. The Bertz CT molecular complexity index is 1030. The van der Waals surface area contributed by atoms with Crippen LogP contribution in [0.3, 0.4) is 0 Å². The zero-order valence-electron chi connectivity index (χ0n) is 13.7. The van der Waals surface area contributed by atoms with Gasteiger partial charge in [-0.05, 0) is 23.8 Å². The van der Waals surface area contributed by atoms with Gasteiger partial charge in [-0.15, -0.1) is 0 Å². The summed E-state index contributed by atoms with van der Waals surface area (Å²) < 4.78 is 44.5. The van der Waals surface area contributed by atoms with Gasteiger partial charge in [0, 0.05) is 5.39 Å². The van der Waals surface area contributed by atoms with Gasteiger partial charge >= 0.3 is 18.2 Å². The van der Waals surface area contributed by atoms with E-state index in [2.05, 4.69) is 0 Å². The van der Waals surface area contributed by atoms with E-state index >= 15 is 0 Å². The van der Waals surface area contributed by atoms with E-state index in [1.165, 1.54) is 0 Å². The highest BCUT2D eigenvalue weighted by Gasteiger charge is 2.33. The quantitative estimate of drug-likeness (QED) is 0.715. The lowest BCUT2D eigenvalue weighted by atomic mass is 10.1. The first-order valence-electron chi connectivity index (χ1n) is 7.65. The van der Waals surface area contributed by atoms with Crippen LogP contribution < -0.4 is 5.73 Å². The number of carboxylic acids is 1. The molecule has 2 aromatic carbocycles. The lowest BCUT2D eigenvalue weighted by Gasteiger charge is -2.09. The van der Waals surface area contributed by atoms with E-state index in [-0.39, 0.29) is 17.5 Å². The molecular weight excluding hydrogens is 365 g/mol. The predicted octanol–water partition coefficient (Wildman–Crippen LogP) is 4.13. The molecule has 0 radical (unpaired) electrons. The minimum absolute atomic E-state index is 0.0871. The van der Waals surface area contributed by atoms with Crippen LogP contribution in [0.1, 0.15) is 21.6 Å². The second kappa shape index (κ2) is 6.67. The maximum Gasteiger partial charge on any atom is 0.419 e.